The summed E-state index contributed by atoms with van der Waals surface area (Å²) < 4.78 is 33.8. The van der Waals surface area contributed by atoms with Gasteiger partial charge in [-0.15, -0.1) is 6.58 Å². The molecule has 0 saturated heterocycles. The highest BCUT2D eigenvalue weighted by molar-refractivity contribution is 7.47. The van der Waals surface area contributed by atoms with Crippen LogP contribution in [0.4, 0.5) is 0 Å². The maximum atomic E-state index is 11.0. The summed E-state index contributed by atoms with van der Waals surface area (Å²) in [5.41, 5.74) is 0. The van der Waals surface area contributed by atoms with Crippen molar-refractivity contribution in [3.63, 3.8) is 0 Å². The average Bonchev–Trinajstić information content (AvgIpc) is 1.95. The van der Waals surface area contributed by atoms with Crippen molar-refractivity contribution in [2.24, 2.45) is 0 Å². The van der Waals surface area contributed by atoms with Gasteiger partial charge in [0.1, 0.15) is 0 Å². The van der Waals surface area contributed by atoms with Crippen LogP contribution in [-0.4, -0.2) is 27.6 Å². The van der Waals surface area contributed by atoms with Gasteiger partial charge in [-0.05, 0) is 6.92 Å². The lowest BCUT2D eigenvalue weighted by molar-refractivity contribution is -0.0240. The molecule has 0 bridgehead atoms. The molecule has 0 aromatic carbocycles. The first kappa shape index (κ1) is 15.0. The predicted molar refractivity (Wildman–Crippen MR) is 49.7 cm³/mol. The Hall–Kier alpha value is -0.0400. The van der Waals surface area contributed by atoms with E-state index < -0.39 is 21.9 Å². The van der Waals surface area contributed by atoms with Crippen molar-refractivity contribution in [2.45, 2.75) is 13.2 Å². The number of phosphoric ester groups is 2. The Morgan fingerprint density at radius 1 is 1.33 bits per heavy atom. The molecule has 3 N–H and O–H groups in total. The molecular formula is C5H12O8P2. The molecule has 2 unspecified atom stereocenters. The molecule has 10 heteroatoms. The van der Waals surface area contributed by atoms with Crippen LogP contribution in [0.1, 0.15) is 6.92 Å². The smallest absolute Gasteiger partial charge is 0.303 e. The largest absolute Gasteiger partial charge is 0.474 e. The molecule has 0 aliphatic heterocycles. The Labute approximate surface area is 86.3 Å². The lowest BCUT2D eigenvalue weighted by atomic mass is 10.7. The van der Waals surface area contributed by atoms with Gasteiger partial charge in [-0.2, -0.15) is 0 Å². The summed E-state index contributed by atoms with van der Waals surface area (Å²) in [4.78, 5) is 25.6. The molecule has 0 rings (SSSR count). The molecule has 0 fully saturated rings. The van der Waals surface area contributed by atoms with Crippen LogP contribution in [0.15, 0.2) is 12.7 Å². The molecule has 0 spiro atoms. The predicted octanol–water partition coefficient (Wildman–Crippen LogP) is 0.761. The molecule has 0 aliphatic rings. The van der Waals surface area contributed by atoms with Crippen molar-refractivity contribution in [1.29, 1.82) is 0 Å². The minimum absolute atomic E-state index is 0.240. The lowest BCUT2D eigenvalue weighted by Crippen LogP contribution is -2.10. The van der Waals surface area contributed by atoms with Gasteiger partial charge in [0.2, 0.25) is 0 Å². The van der Waals surface area contributed by atoms with E-state index in [1.165, 1.54) is 6.08 Å². The normalized spacial score (nSPS) is 18.1. The summed E-state index contributed by atoms with van der Waals surface area (Å²) in [6.45, 7) is 4.04. The highest BCUT2D eigenvalue weighted by Crippen LogP contribution is 2.47. The summed E-state index contributed by atoms with van der Waals surface area (Å²) in [5.74, 6) is 0. The number of hydrogen-bond donors (Lipinski definition) is 3. The highest BCUT2D eigenvalue weighted by Gasteiger charge is 2.28. The third-order valence-electron chi connectivity index (χ3n) is 0.923. The van der Waals surface area contributed by atoms with E-state index in [0.717, 1.165) is 6.92 Å². The van der Waals surface area contributed by atoms with Crippen LogP contribution in [0, 0.1) is 0 Å². The van der Waals surface area contributed by atoms with Crippen molar-refractivity contribution in [2.75, 3.05) is 6.61 Å². The molecule has 2 atom stereocenters. The second-order valence-electron chi connectivity index (χ2n) is 2.32. The van der Waals surface area contributed by atoms with E-state index in [9.17, 15) is 9.13 Å². The zero-order valence-electron chi connectivity index (χ0n) is 7.85. The van der Waals surface area contributed by atoms with Crippen LogP contribution < -0.4 is 0 Å². The monoisotopic (exact) mass is 262 g/mol. The second-order valence-corrected chi connectivity index (χ2v) is 4.92. The summed E-state index contributed by atoms with van der Waals surface area (Å²) >= 11 is 0. The Morgan fingerprint density at radius 2 is 1.87 bits per heavy atom. The van der Waals surface area contributed by atoms with Crippen LogP contribution >= 0.6 is 15.6 Å². The standard InChI is InChI=1S/C5H12O8P2/c1-3-4-11-15(9,10)13-5(2)12-14(6,7)8/h3,5H,1,4H2,2H3,(H,9,10)(H2,6,7,8). The third kappa shape index (κ3) is 8.92. The van der Waals surface area contributed by atoms with E-state index in [2.05, 4.69) is 20.2 Å². The summed E-state index contributed by atoms with van der Waals surface area (Å²) in [6.07, 6.45) is -0.368. The first-order valence-corrected chi connectivity index (χ1v) is 6.69. The topological polar surface area (TPSA) is 123 Å². The fourth-order valence-electron chi connectivity index (χ4n) is 0.578. The van der Waals surface area contributed by atoms with Crippen molar-refractivity contribution < 1.29 is 37.4 Å². The van der Waals surface area contributed by atoms with Gasteiger partial charge in [-0.3, -0.25) is 13.6 Å². The van der Waals surface area contributed by atoms with Crippen molar-refractivity contribution >= 4 is 15.6 Å². The Kier molecular flexibility index (Phi) is 5.87. The number of phosphoric acid groups is 2. The quantitative estimate of drug-likeness (QED) is 0.349. The fraction of sp³-hybridized carbons (Fsp3) is 0.600. The Balaban J connectivity index is 4.15. The first-order chi connectivity index (χ1) is 6.66. The van der Waals surface area contributed by atoms with Crippen LogP contribution in [0.3, 0.4) is 0 Å². The van der Waals surface area contributed by atoms with Crippen LogP contribution in [0.2, 0.25) is 0 Å². The molecule has 0 radical (unpaired) electrons. The minimum atomic E-state index is -4.77. The van der Waals surface area contributed by atoms with E-state index in [-0.39, 0.29) is 6.61 Å². The Bertz CT molecular complexity index is 295. The maximum absolute atomic E-state index is 11.0. The molecule has 0 heterocycles. The van der Waals surface area contributed by atoms with Gasteiger partial charge in [0.25, 0.3) is 0 Å². The molecule has 8 nitrogen and oxygen atoms in total. The van der Waals surface area contributed by atoms with Gasteiger partial charge < -0.3 is 14.7 Å². The van der Waals surface area contributed by atoms with Crippen LogP contribution in [-0.2, 0) is 22.7 Å². The zero-order chi connectivity index (χ0) is 12.1. The Morgan fingerprint density at radius 3 is 2.27 bits per heavy atom. The summed E-state index contributed by atoms with van der Waals surface area (Å²) in [5, 5.41) is 0. The van der Waals surface area contributed by atoms with Crippen LogP contribution in [0.5, 0.6) is 0 Å². The van der Waals surface area contributed by atoms with E-state index in [4.69, 9.17) is 14.7 Å². The zero-order valence-corrected chi connectivity index (χ0v) is 9.64. The maximum Gasteiger partial charge on any atom is 0.474 e. The van der Waals surface area contributed by atoms with Crippen LogP contribution in [0.25, 0.3) is 0 Å². The molecular weight excluding hydrogens is 250 g/mol. The van der Waals surface area contributed by atoms with Gasteiger partial charge >= 0.3 is 15.6 Å². The van der Waals surface area contributed by atoms with E-state index >= 15 is 0 Å². The van der Waals surface area contributed by atoms with Gasteiger partial charge in [0.05, 0.1) is 6.61 Å². The lowest BCUT2D eigenvalue weighted by Gasteiger charge is -2.17. The summed E-state index contributed by atoms with van der Waals surface area (Å²) in [7, 11) is -9.16. The average molecular weight is 262 g/mol. The van der Waals surface area contributed by atoms with E-state index in [0.29, 0.717) is 0 Å². The van der Waals surface area contributed by atoms with Gasteiger partial charge in [-0.1, -0.05) is 6.08 Å². The minimum Gasteiger partial charge on any atom is -0.303 e. The molecule has 90 valence electrons. The SMILES string of the molecule is C=CCOP(=O)(O)OC(C)OP(=O)(O)O. The van der Waals surface area contributed by atoms with Gasteiger partial charge in [-0.25, -0.2) is 9.13 Å². The molecule has 15 heavy (non-hydrogen) atoms. The molecule has 0 saturated carbocycles. The molecule has 0 aromatic rings. The van der Waals surface area contributed by atoms with Crippen molar-refractivity contribution in [3.05, 3.63) is 12.7 Å². The van der Waals surface area contributed by atoms with Gasteiger partial charge in [0, 0.05) is 0 Å². The molecule has 0 aliphatic carbocycles. The number of rotatable bonds is 7. The fourth-order valence-corrected chi connectivity index (χ4v) is 1.85. The number of hydrogen-bond acceptors (Lipinski definition) is 5. The highest BCUT2D eigenvalue weighted by atomic mass is 31.2. The molecule has 0 amide bonds. The third-order valence-corrected chi connectivity index (χ3v) is 2.53. The van der Waals surface area contributed by atoms with E-state index in [1.54, 1.807) is 0 Å². The van der Waals surface area contributed by atoms with Crippen molar-refractivity contribution in [1.82, 2.24) is 0 Å². The molecule has 0 aromatic heterocycles. The van der Waals surface area contributed by atoms with Gasteiger partial charge in [0.15, 0.2) is 6.29 Å². The summed E-state index contributed by atoms with van der Waals surface area (Å²) in [6, 6.07) is 0. The van der Waals surface area contributed by atoms with Crippen molar-refractivity contribution in [3.8, 4) is 0 Å². The first-order valence-electron chi connectivity index (χ1n) is 3.67. The second kappa shape index (κ2) is 5.89. The van der Waals surface area contributed by atoms with E-state index in [1.807, 2.05) is 0 Å².